The number of phenolic OH excluding ortho intramolecular Hbond substituents is 1. The minimum absolute atomic E-state index is 0.0131. The predicted molar refractivity (Wildman–Crippen MR) is 161 cm³/mol. The molecule has 5 aromatic rings. The highest BCUT2D eigenvalue weighted by atomic mass is 16.4. The first-order valence-electron chi connectivity index (χ1n) is 14.3. The third-order valence-electron chi connectivity index (χ3n) is 8.20. The molecule has 1 aliphatic carbocycles. The van der Waals surface area contributed by atoms with E-state index in [9.17, 15) is 14.7 Å². The molecule has 2 fully saturated rings. The number of hydrogen-bond acceptors (Lipinski definition) is 10. The van der Waals surface area contributed by atoms with E-state index in [1.807, 2.05) is 17.0 Å². The second kappa shape index (κ2) is 10.6. The maximum Gasteiger partial charge on any atom is 0.229 e. The van der Waals surface area contributed by atoms with Gasteiger partial charge in [-0.1, -0.05) is 12.8 Å². The molecule has 7 rings (SSSR count). The van der Waals surface area contributed by atoms with E-state index in [0.29, 0.717) is 53.0 Å². The molecule has 0 amide bonds. The smallest absolute Gasteiger partial charge is 0.229 e. The number of Topliss-reactive ketones (excluding diaryl/α,β-unsaturated/α-hetero) is 1. The number of pyridine rings is 1. The lowest BCUT2D eigenvalue weighted by Crippen LogP contribution is -2.43. The molecule has 2 aliphatic rings. The highest BCUT2D eigenvalue weighted by molar-refractivity contribution is 5.98. The van der Waals surface area contributed by atoms with Crippen molar-refractivity contribution in [3.63, 3.8) is 0 Å². The second-order valence-corrected chi connectivity index (χ2v) is 11.0. The topological polar surface area (TPSA) is 138 Å². The lowest BCUT2D eigenvalue weighted by Gasteiger charge is -2.28. The summed E-state index contributed by atoms with van der Waals surface area (Å²) in [4.78, 5) is 41.3. The van der Waals surface area contributed by atoms with Crippen molar-refractivity contribution in [1.82, 2.24) is 24.8 Å². The number of anilines is 3. The average Bonchev–Trinajstić information content (AvgIpc) is 3.66. The standard InChI is InChI=1S/C31H31N7O4/c1-18(39)24-13-20-16-34-31(36-30(20)38(24)22-4-2-3-5-22)35-21-12-19(15-33-17-21)23-6-7-25(40)28-26(41)14-27(42-29(23)28)37-10-8-32-9-11-37/h6-7,12-17,22,32,40H,2-5,8-11H2,1H3,(H,34,35,36). The first-order valence-corrected chi connectivity index (χ1v) is 14.3. The van der Waals surface area contributed by atoms with Gasteiger partial charge < -0.3 is 29.6 Å². The number of fused-ring (bicyclic) bond motifs is 2. The number of rotatable bonds is 6. The van der Waals surface area contributed by atoms with Gasteiger partial charge in [0.15, 0.2) is 22.7 Å². The van der Waals surface area contributed by atoms with Gasteiger partial charge in [-0.25, -0.2) is 4.98 Å². The number of nitrogens with one attached hydrogen (secondary N) is 2. The SMILES string of the molecule is CC(=O)c1cc2cnc(Nc3cncc(-c4ccc(O)c5c(=O)cc(N6CCNCC6)oc45)c3)nc2n1C1CCCC1. The summed E-state index contributed by atoms with van der Waals surface area (Å²) >= 11 is 0. The molecule has 5 heterocycles. The normalized spacial score (nSPS) is 16.0. The van der Waals surface area contributed by atoms with E-state index in [-0.39, 0.29) is 28.4 Å². The zero-order valence-electron chi connectivity index (χ0n) is 23.3. The van der Waals surface area contributed by atoms with E-state index < -0.39 is 0 Å². The van der Waals surface area contributed by atoms with Crippen molar-refractivity contribution in [3.8, 4) is 16.9 Å². The van der Waals surface area contributed by atoms with Crippen molar-refractivity contribution in [3.05, 3.63) is 64.8 Å². The van der Waals surface area contributed by atoms with Crippen LogP contribution in [-0.2, 0) is 0 Å². The molecular formula is C31H31N7O4. The van der Waals surface area contributed by atoms with Crippen LogP contribution in [0, 0.1) is 0 Å². The van der Waals surface area contributed by atoms with Crippen LogP contribution in [-0.4, -0.2) is 56.6 Å². The quantitative estimate of drug-likeness (QED) is 0.247. The van der Waals surface area contributed by atoms with Crippen molar-refractivity contribution >= 4 is 45.3 Å². The number of piperazine rings is 1. The van der Waals surface area contributed by atoms with Gasteiger partial charge in [-0.2, -0.15) is 4.98 Å². The lowest BCUT2D eigenvalue weighted by atomic mass is 10.0. The minimum atomic E-state index is -0.303. The molecule has 1 aliphatic heterocycles. The maximum absolute atomic E-state index is 13.1. The van der Waals surface area contributed by atoms with Crippen molar-refractivity contribution in [1.29, 1.82) is 0 Å². The van der Waals surface area contributed by atoms with Gasteiger partial charge >= 0.3 is 0 Å². The summed E-state index contributed by atoms with van der Waals surface area (Å²) in [7, 11) is 0. The first kappa shape index (κ1) is 26.1. The maximum atomic E-state index is 13.1. The van der Waals surface area contributed by atoms with Gasteiger partial charge in [0.2, 0.25) is 5.95 Å². The highest BCUT2D eigenvalue weighted by Crippen LogP contribution is 2.36. The number of carbonyl (C=O) groups excluding carboxylic acids is 1. The first-order chi connectivity index (χ1) is 20.5. The van der Waals surface area contributed by atoms with Gasteiger partial charge in [-0.15, -0.1) is 0 Å². The molecular weight excluding hydrogens is 534 g/mol. The van der Waals surface area contributed by atoms with Gasteiger partial charge in [0.1, 0.15) is 16.8 Å². The van der Waals surface area contributed by atoms with Crippen molar-refractivity contribution < 1.29 is 14.3 Å². The number of aromatic nitrogens is 4. The largest absolute Gasteiger partial charge is 0.507 e. The van der Waals surface area contributed by atoms with Crippen LogP contribution in [0.3, 0.4) is 0 Å². The predicted octanol–water partition coefficient (Wildman–Crippen LogP) is 4.78. The zero-order valence-corrected chi connectivity index (χ0v) is 23.3. The molecule has 0 bridgehead atoms. The Kier molecular flexibility index (Phi) is 6.58. The van der Waals surface area contributed by atoms with Crippen LogP contribution in [0.15, 0.2) is 58.1 Å². The molecule has 42 heavy (non-hydrogen) atoms. The number of hydrogen-bond donors (Lipinski definition) is 3. The zero-order chi connectivity index (χ0) is 28.8. The second-order valence-electron chi connectivity index (χ2n) is 11.0. The van der Waals surface area contributed by atoms with Crippen LogP contribution in [0.5, 0.6) is 5.75 Å². The monoisotopic (exact) mass is 565 g/mol. The summed E-state index contributed by atoms with van der Waals surface area (Å²) in [6.45, 7) is 4.60. The number of benzene rings is 1. The molecule has 1 saturated heterocycles. The highest BCUT2D eigenvalue weighted by Gasteiger charge is 2.25. The molecule has 11 heteroatoms. The fraction of sp³-hybridized carbons (Fsp3) is 0.323. The van der Waals surface area contributed by atoms with E-state index in [1.54, 1.807) is 31.6 Å². The van der Waals surface area contributed by atoms with Crippen LogP contribution < -0.4 is 21.0 Å². The van der Waals surface area contributed by atoms with Crippen LogP contribution in [0.1, 0.15) is 49.1 Å². The number of carbonyl (C=O) groups is 1. The Hall–Kier alpha value is -4.77. The van der Waals surface area contributed by atoms with Crippen LogP contribution in [0.4, 0.5) is 17.5 Å². The van der Waals surface area contributed by atoms with Gasteiger partial charge in [0.05, 0.1) is 17.6 Å². The summed E-state index contributed by atoms with van der Waals surface area (Å²) in [6, 6.07) is 8.67. The van der Waals surface area contributed by atoms with Crippen LogP contribution in [0.25, 0.3) is 33.1 Å². The van der Waals surface area contributed by atoms with Gasteiger partial charge in [0, 0.05) is 74.1 Å². The van der Waals surface area contributed by atoms with E-state index in [2.05, 4.69) is 25.2 Å². The minimum Gasteiger partial charge on any atom is -0.507 e. The molecule has 3 N–H and O–H groups in total. The number of phenols is 1. The van der Waals surface area contributed by atoms with Crippen molar-refractivity contribution in [2.45, 2.75) is 38.6 Å². The van der Waals surface area contributed by atoms with E-state index in [4.69, 9.17) is 9.40 Å². The molecule has 0 atom stereocenters. The summed E-state index contributed by atoms with van der Waals surface area (Å²) in [5, 5.41) is 18.1. The van der Waals surface area contributed by atoms with Crippen LogP contribution >= 0.6 is 0 Å². The van der Waals surface area contributed by atoms with Gasteiger partial charge in [-0.05, 0) is 37.1 Å². The number of aromatic hydroxyl groups is 1. The summed E-state index contributed by atoms with van der Waals surface area (Å²) in [5.74, 6) is 0.740. The summed E-state index contributed by atoms with van der Waals surface area (Å²) in [5.41, 5.74) is 3.36. The Bertz CT molecular complexity index is 1880. The van der Waals surface area contributed by atoms with Gasteiger partial charge in [-0.3, -0.25) is 14.6 Å². The number of nitrogens with zero attached hydrogens (tertiary/aromatic N) is 5. The molecule has 0 unspecified atom stereocenters. The Morgan fingerprint density at radius 3 is 2.69 bits per heavy atom. The van der Waals surface area contributed by atoms with Crippen molar-refractivity contribution in [2.75, 3.05) is 36.4 Å². The Labute approximate surface area is 241 Å². The third-order valence-corrected chi connectivity index (χ3v) is 8.20. The molecule has 1 saturated carbocycles. The Morgan fingerprint density at radius 1 is 1.10 bits per heavy atom. The Morgan fingerprint density at radius 2 is 1.90 bits per heavy atom. The fourth-order valence-corrected chi connectivity index (χ4v) is 6.16. The average molecular weight is 566 g/mol. The molecule has 214 valence electrons. The molecule has 4 aromatic heterocycles. The van der Waals surface area contributed by atoms with E-state index >= 15 is 0 Å². The molecule has 11 nitrogen and oxygen atoms in total. The molecule has 0 spiro atoms. The summed E-state index contributed by atoms with van der Waals surface area (Å²) in [6.07, 6.45) is 9.41. The number of ketones is 1. The molecule has 0 radical (unpaired) electrons. The lowest BCUT2D eigenvalue weighted by molar-refractivity contribution is 0.100. The van der Waals surface area contributed by atoms with Crippen molar-refractivity contribution in [2.24, 2.45) is 0 Å². The van der Waals surface area contributed by atoms with E-state index in [0.717, 1.165) is 49.8 Å². The molecule has 1 aromatic carbocycles. The Balaban J connectivity index is 1.26. The van der Waals surface area contributed by atoms with E-state index in [1.165, 1.54) is 12.1 Å². The third kappa shape index (κ3) is 4.65. The fourth-order valence-electron chi connectivity index (χ4n) is 6.16. The van der Waals surface area contributed by atoms with Gasteiger partial charge in [0.25, 0.3) is 0 Å². The van der Waals surface area contributed by atoms with Crippen LogP contribution in [0.2, 0.25) is 0 Å². The summed E-state index contributed by atoms with van der Waals surface area (Å²) < 4.78 is 8.35.